The number of hydrogen-bond acceptors (Lipinski definition) is 22. The highest BCUT2D eigenvalue weighted by molar-refractivity contribution is 7.92. The summed E-state index contributed by atoms with van der Waals surface area (Å²) >= 11 is 18.2. The molecule has 0 fully saturated rings. The minimum atomic E-state index is -5.45. The first kappa shape index (κ1) is 59.8. The first-order chi connectivity index (χ1) is 36.6. The van der Waals surface area contributed by atoms with Crippen LogP contribution in [0, 0.1) is 29.6 Å². The van der Waals surface area contributed by atoms with Crippen LogP contribution < -0.4 is 15.4 Å². The van der Waals surface area contributed by atoms with Crippen LogP contribution in [0.15, 0.2) is 130 Å². The van der Waals surface area contributed by atoms with Crippen molar-refractivity contribution < 1.29 is 73.3 Å². The van der Waals surface area contributed by atoms with E-state index in [1.54, 1.807) is 0 Å². The van der Waals surface area contributed by atoms with Gasteiger partial charge in [-0.1, -0.05) is 46.7 Å². The van der Waals surface area contributed by atoms with Gasteiger partial charge < -0.3 is 10.6 Å². The van der Waals surface area contributed by atoms with Gasteiger partial charge in [-0.25, -0.2) is 13.4 Å². The van der Waals surface area contributed by atoms with Crippen molar-refractivity contribution in [2.24, 2.45) is 20.5 Å². The Balaban J connectivity index is 1.46. The van der Waals surface area contributed by atoms with Gasteiger partial charge in [0.1, 0.15) is 48.0 Å². The molecule has 0 aliphatic carbocycles. The van der Waals surface area contributed by atoms with E-state index in [-0.39, 0.29) is 83.1 Å². The van der Waals surface area contributed by atoms with Crippen LogP contribution in [0.1, 0.15) is 16.7 Å². The van der Waals surface area contributed by atoms with Crippen molar-refractivity contribution in [1.82, 2.24) is 4.98 Å². The van der Waals surface area contributed by atoms with Crippen molar-refractivity contribution in [1.29, 1.82) is 10.5 Å². The van der Waals surface area contributed by atoms with Gasteiger partial charge in [-0.3, -0.25) is 27.5 Å². The van der Waals surface area contributed by atoms with Crippen LogP contribution >= 0.6 is 46.1 Å². The second-order valence-corrected chi connectivity index (χ2v) is 26.8. The van der Waals surface area contributed by atoms with Crippen molar-refractivity contribution in [3.63, 3.8) is 0 Å². The first-order valence-electron chi connectivity index (χ1n) is 20.8. The van der Waals surface area contributed by atoms with E-state index in [9.17, 15) is 83.8 Å². The van der Waals surface area contributed by atoms with Crippen molar-refractivity contribution in [3.05, 3.63) is 112 Å². The highest BCUT2D eigenvalue weighted by Crippen LogP contribution is 2.49. The van der Waals surface area contributed by atoms with Gasteiger partial charge in [-0.2, -0.15) is 52.6 Å². The summed E-state index contributed by atoms with van der Waals surface area (Å²) in [4.78, 5) is -0.696. The summed E-state index contributed by atoms with van der Waals surface area (Å²) in [6.45, 7) is 1.34. The lowest BCUT2D eigenvalue weighted by Crippen LogP contribution is -2.17. The Kier molecular flexibility index (Phi) is 16.9. The van der Waals surface area contributed by atoms with Gasteiger partial charge in [0.05, 0.1) is 31.9 Å². The molecule has 0 saturated carbocycles. The number of benzene rings is 5. The fourth-order valence-corrected chi connectivity index (χ4v) is 13.5. The van der Waals surface area contributed by atoms with Crippen LogP contribution in [0.2, 0.25) is 10.0 Å². The average Bonchev–Trinajstić information content (AvgIpc) is 3.87. The molecule has 7 rings (SSSR count). The summed E-state index contributed by atoms with van der Waals surface area (Å²) in [6.07, 6.45) is 0. The molecule has 412 valence electrons. The van der Waals surface area contributed by atoms with Gasteiger partial charge in [-0.05, 0) is 85.3 Å². The number of sulfonamides is 1. The summed E-state index contributed by atoms with van der Waals surface area (Å²) in [7, 11) is -29.9. The molecular formula is C42H29Cl3N10O17S7. The molecule has 5 aromatic carbocycles. The van der Waals surface area contributed by atoms with Crippen LogP contribution in [-0.2, 0) is 60.6 Å². The number of anilines is 5. The Bertz CT molecular complexity index is 4590. The number of thiophene rings is 1. The molecule has 2 heterocycles. The largest absolute Gasteiger partial charge is 0.339 e. The van der Waals surface area contributed by atoms with Gasteiger partial charge in [0, 0.05) is 44.8 Å². The molecule has 37 heteroatoms. The molecule has 0 atom stereocenters. The van der Waals surface area contributed by atoms with E-state index < -0.39 is 112 Å². The third-order valence-corrected chi connectivity index (χ3v) is 18.5. The zero-order valence-electron chi connectivity index (χ0n) is 38.8. The molecule has 8 N–H and O–H groups in total. The number of aromatic nitrogens is 1. The smallest absolute Gasteiger partial charge is 0.296 e. The molecule has 0 aliphatic rings. The lowest BCUT2D eigenvalue weighted by Gasteiger charge is -2.16. The van der Waals surface area contributed by atoms with Crippen LogP contribution in [-0.4, -0.2) is 89.9 Å². The summed E-state index contributed by atoms with van der Waals surface area (Å²) < 4.78 is 200. The maximum absolute atomic E-state index is 12.7. The van der Waals surface area contributed by atoms with Gasteiger partial charge in [0.25, 0.3) is 50.6 Å². The Labute approximate surface area is 466 Å². The fourth-order valence-electron chi connectivity index (χ4n) is 7.11. The highest BCUT2D eigenvalue weighted by Gasteiger charge is 2.28. The SMILES string of the molecule is Cc1c(C#N)c(Nc2ccc(Cl)c(S(=O)(=O)O)c2)nc(Nc2ccc(Cl)c(S(=O)(=O)O)c2)c1N=Nc1sc(N=Nc2cc(S(=O)(=O)O)c3cc(S(=O)(=O)O)cc(S(=O)(=O)O)c3c2)c(-c2ccc(NS(=O)(=O)CCCl)cc2)c1C#N. The van der Waals surface area contributed by atoms with E-state index in [0.717, 1.165) is 30.3 Å². The van der Waals surface area contributed by atoms with Crippen molar-refractivity contribution in [2.45, 2.75) is 31.4 Å². The lowest BCUT2D eigenvalue weighted by molar-refractivity contribution is 0.478. The molecule has 0 unspecified atom stereocenters. The van der Waals surface area contributed by atoms with E-state index in [4.69, 9.17) is 34.8 Å². The standard InChI is InChI=1S/C42H29Cl3N10O17S7/c1-20-29(18-46)39(48-23-6-8-31(44)35(13-23)78(67,68)69)50-40(49-24-7-9-32(45)36(14-24)79(70,71)72)38(20)52-53-41-30(19-47)37(21-2-4-22(5-3-21)55-74(56,57)11-10-43)42(73-41)54-51-25-12-27-28(33(15-25)76(61,62)63)16-26(75(58,59)60)17-34(27)77(64,65)66/h2-9,12-17,55H,10-11H2,1H3,(H2,48,49,50)(H,58,59,60)(H,61,62,63)(H,64,65,66)(H,67,68,69)(H,70,71,72). The highest BCUT2D eigenvalue weighted by atomic mass is 35.5. The monoisotopic (exact) mass is 1270 g/mol. The quantitative estimate of drug-likeness (QED) is 0.0225. The number of alkyl halides is 1. The minimum Gasteiger partial charge on any atom is -0.339 e. The molecule has 0 radical (unpaired) electrons. The van der Waals surface area contributed by atoms with E-state index in [1.165, 1.54) is 43.3 Å². The van der Waals surface area contributed by atoms with Gasteiger partial charge >= 0.3 is 0 Å². The van der Waals surface area contributed by atoms with Crippen molar-refractivity contribution in [3.8, 4) is 23.3 Å². The van der Waals surface area contributed by atoms with E-state index in [1.807, 2.05) is 12.1 Å². The molecule has 0 bridgehead atoms. The number of hydrogen-bond donors (Lipinski definition) is 8. The molecule has 0 amide bonds. The second-order valence-electron chi connectivity index (χ2n) is 15.8. The third kappa shape index (κ3) is 13.6. The van der Waals surface area contributed by atoms with Crippen molar-refractivity contribution >= 4 is 168 Å². The number of rotatable bonds is 18. The van der Waals surface area contributed by atoms with Gasteiger partial charge in [0.2, 0.25) is 10.0 Å². The molecule has 0 aliphatic heterocycles. The van der Waals surface area contributed by atoms with E-state index in [0.29, 0.717) is 29.5 Å². The Morgan fingerprint density at radius 3 is 1.57 bits per heavy atom. The molecule has 27 nitrogen and oxygen atoms in total. The van der Waals surface area contributed by atoms with E-state index in [2.05, 4.69) is 40.8 Å². The van der Waals surface area contributed by atoms with Gasteiger partial charge in [0.15, 0.2) is 16.6 Å². The molecule has 2 aromatic heterocycles. The predicted molar refractivity (Wildman–Crippen MR) is 287 cm³/mol. The third-order valence-electron chi connectivity index (χ3n) is 10.5. The Morgan fingerprint density at radius 2 is 1.06 bits per heavy atom. The van der Waals surface area contributed by atoms with Crippen molar-refractivity contribution in [2.75, 3.05) is 27.0 Å². The zero-order valence-corrected chi connectivity index (χ0v) is 46.7. The number of nitrogens with one attached hydrogen (secondary N) is 3. The molecule has 79 heavy (non-hydrogen) atoms. The first-order valence-corrected chi connectivity index (χ1v) is 31.7. The number of fused-ring (bicyclic) bond motifs is 1. The molecule has 7 aromatic rings. The summed E-state index contributed by atoms with van der Waals surface area (Å²) in [6, 6.07) is 17.8. The molecule has 0 spiro atoms. The normalized spacial score (nSPS) is 12.7. The summed E-state index contributed by atoms with van der Waals surface area (Å²) in [5.41, 5.74) is -1.79. The number of nitriles is 2. The minimum absolute atomic E-state index is 0.0277. The molecular weight excluding hydrogens is 1250 g/mol. The van der Waals surface area contributed by atoms with Crippen LogP contribution in [0.5, 0.6) is 0 Å². The zero-order chi connectivity index (χ0) is 58.4. The van der Waals surface area contributed by atoms with Gasteiger partial charge in [-0.15, -0.1) is 32.1 Å². The average molecular weight is 1280 g/mol. The predicted octanol–water partition coefficient (Wildman–Crippen LogP) is 9.85. The number of halogens is 3. The van der Waals surface area contributed by atoms with Crippen LogP contribution in [0.3, 0.4) is 0 Å². The van der Waals surface area contributed by atoms with Crippen LogP contribution in [0.4, 0.5) is 50.1 Å². The Hall–Kier alpha value is -6.84. The number of azo groups is 2. The Morgan fingerprint density at radius 1 is 0.570 bits per heavy atom. The van der Waals surface area contributed by atoms with E-state index >= 15 is 0 Å². The second kappa shape index (κ2) is 22.4. The fraction of sp³-hybridized carbons (Fsp3) is 0.0714. The number of nitrogens with zero attached hydrogens (tertiary/aromatic N) is 7. The molecule has 0 saturated heterocycles. The maximum Gasteiger partial charge on any atom is 0.296 e. The topological polar surface area (TPSA) is 452 Å². The summed E-state index contributed by atoms with van der Waals surface area (Å²) in [5.74, 6) is -1.38. The lowest BCUT2D eigenvalue weighted by atomic mass is 10.0. The maximum atomic E-state index is 12.7. The van der Waals surface area contributed by atoms with Crippen LogP contribution in [0.25, 0.3) is 21.9 Å². The number of pyridine rings is 1. The summed E-state index contributed by atoms with van der Waals surface area (Å²) in [5, 5.41) is 40.6.